The number of rotatable bonds is 13. The van der Waals surface area contributed by atoms with E-state index in [1.165, 1.54) is 30.3 Å². The first-order valence-electron chi connectivity index (χ1n) is 13.1. The molecule has 0 bridgehead atoms. The second-order valence-corrected chi connectivity index (χ2v) is 9.26. The first-order chi connectivity index (χ1) is 19.3. The van der Waals surface area contributed by atoms with Crippen molar-refractivity contribution in [1.82, 2.24) is 10.3 Å². The maximum Gasteiger partial charge on any atom is 0.326 e. The van der Waals surface area contributed by atoms with Crippen molar-refractivity contribution < 1.29 is 28.2 Å². The van der Waals surface area contributed by atoms with Crippen molar-refractivity contribution in [2.45, 2.75) is 39.2 Å². The number of carboxylic acid groups (broad SMARTS) is 1. The predicted octanol–water partition coefficient (Wildman–Crippen LogP) is 6.17. The van der Waals surface area contributed by atoms with Crippen LogP contribution in [0, 0.1) is 12.7 Å². The van der Waals surface area contributed by atoms with E-state index in [1.54, 1.807) is 12.1 Å². The Bertz CT molecular complexity index is 1460. The van der Waals surface area contributed by atoms with Gasteiger partial charge in [-0.3, -0.25) is 4.79 Å². The summed E-state index contributed by atoms with van der Waals surface area (Å²) in [7, 11) is 0. The topological polar surface area (TPSA) is 102 Å². The highest BCUT2D eigenvalue weighted by Crippen LogP contribution is 2.22. The molecular formula is C32H31FN2O5. The molecule has 0 aliphatic rings. The molecule has 0 aliphatic heterocycles. The normalized spacial score (nSPS) is 12.1. The lowest BCUT2D eigenvalue weighted by atomic mass is 10.0. The van der Waals surface area contributed by atoms with Gasteiger partial charge in [-0.2, -0.15) is 0 Å². The minimum Gasteiger partial charge on any atom is -0.493 e. The number of hydrogen-bond acceptors (Lipinski definition) is 6. The van der Waals surface area contributed by atoms with Crippen LogP contribution < -0.4 is 10.1 Å². The highest BCUT2D eigenvalue weighted by Gasteiger charge is 2.19. The Morgan fingerprint density at radius 1 is 1.05 bits per heavy atom. The Kier molecular flexibility index (Phi) is 9.46. The van der Waals surface area contributed by atoms with Gasteiger partial charge in [0, 0.05) is 35.7 Å². The van der Waals surface area contributed by atoms with Crippen LogP contribution >= 0.6 is 0 Å². The monoisotopic (exact) mass is 542 g/mol. The molecule has 4 aromatic rings. The van der Waals surface area contributed by atoms with E-state index < -0.39 is 17.8 Å². The average Bonchev–Trinajstić information content (AvgIpc) is 3.33. The molecule has 0 saturated heterocycles. The number of oxazole rings is 1. The predicted molar refractivity (Wildman–Crippen MR) is 150 cm³/mol. The molecule has 7 nitrogen and oxygen atoms in total. The van der Waals surface area contributed by atoms with Crippen molar-refractivity contribution in [2.75, 3.05) is 6.61 Å². The first-order valence-corrected chi connectivity index (χ1v) is 13.1. The SMILES string of the molecule is CC/C(=C\C(=O)c1ccc(F)cc1)N[C@@H](Cc1ccc(OCCc2nc(-c3ccccc3)oc2C)cc1)C(=O)O. The number of carbonyl (C=O) groups is 2. The summed E-state index contributed by atoms with van der Waals surface area (Å²) in [4.78, 5) is 29.1. The Morgan fingerprint density at radius 3 is 2.40 bits per heavy atom. The molecule has 1 aromatic heterocycles. The molecule has 0 spiro atoms. The fraction of sp³-hybridized carbons (Fsp3) is 0.219. The lowest BCUT2D eigenvalue weighted by Gasteiger charge is -2.18. The minimum atomic E-state index is -1.04. The van der Waals surface area contributed by atoms with Crippen molar-refractivity contribution >= 4 is 11.8 Å². The molecule has 0 saturated carbocycles. The van der Waals surface area contributed by atoms with Crippen molar-refractivity contribution in [3.8, 4) is 17.2 Å². The van der Waals surface area contributed by atoms with Crippen molar-refractivity contribution in [2.24, 2.45) is 0 Å². The molecule has 0 aliphatic carbocycles. The van der Waals surface area contributed by atoms with E-state index in [9.17, 15) is 19.1 Å². The van der Waals surface area contributed by atoms with Crippen molar-refractivity contribution in [1.29, 1.82) is 0 Å². The first kappa shape index (κ1) is 28.3. The Morgan fingerprint density at radius 2 is 1.75 bits per heavy atom. The van der Waals surface area contributed by atoms with E-state index in [4.69, 9.17) is 9.15 Å². The number of carbonyl (C=O) groups excluding carboxylic acids is 1. The van der Waals surface area contributed by atoms with Crippen LogP contribution in [0.15, 0.2) is 95.1 Å². The molecule has 206 valence electrons. The second kappa shape index (κ2) is 13.4. The van der Waals surface area contributed by atoms with Gasteiger partial charge in [-0.1, -0.05) is 37.3 Å². The molecule has 2 N–H and O–H groups in total. The van der Waals surface area contributed by atoms with Crippen LogP contribution in [0.4, 0.5) is 4.39 Å². The molecule has 0 fully saturated rings. The summed E-state index contributed by atoms with van der Waals surface area (Å²) in [6.45, 7) is 4.12. The summed E-state index contributed by atoms with van der Waals surface area (Å²) in [6.07, 6.45) is 2.58. The summed E-state index contributed by atoms with van der Waals surface area (Å²) in [5.41, 5.74) is 3.37. The second-order valence-electron chi connectivity index (χ2n) is 9.26. The smallest absolute Gasteiger partial charge is 0.326 e. The number of ether oxygens (including phenoxy) is 1. The van der Waals surface area contributed by atoms with Crippen LogP contribution in [0.5, 0.6) is 5.75 Å². The van der Waals surface area contributed by atoms with Crippen LogP contribution in [0.2, 0.25) is 0 Å². The number of nitrogens with one attached hydrogen (secondary N) is 1. The van der Waals surface area contributed by atoms with E-state index in [-0.39, 0.29) is 12.2 Å². The van der Waals surface area contributed by atoms with Gasteiger partial charge < -0.3 is 19.6 Å². The van der Waals surface area contributed by atoms with Gasteiger partial charge in [0.1, 0.15) is 23.4 Å². The lowest BCUT2D eigenvalue weighted by Crippen LogP contribution is -2.38. The zero-order chi connectivity index (χ0) is 28.5. The van der Waals surface area contributed by atoms with Gasteiger partial charge in [-0.05, 0) is 67.4 Å². The van der Waals surface area contributed by atoms with Crippen LogP contribution in [0.25, 0.3) is 11.5 Å². The highest BCUT2D eigenvalue weighted by molar-refractivity contribution is 6.04. The maximum atomic E-state index is 13.2. The van der Waals surface area contributed by atoms with Gasteiger partial charge in [0.15, 0.2) is 5.78 Å². The van der Waals surface area contributed by atoms with Gasteiger partial charge in [-0.25, -0.2) is 14.2 Å². The standard InChI is InChI=1S/C32H31FN2O5/c1-3-26(20-30(36)23-11-13-25(33)14-12-23)34-29(32(37)38)19-22-9-15-27(16-10-22)39-18-17-28-21(2)40-31(35-28)24-7-5-4-6-8-24/h4-16,20,29,34H,3,17-19H2,1-2H3,(H,37,38)/b26-20+/t29-/m0/s1. The Hall–Kier alpha value is -4.72. The number of benzene rings is 3. The molecule has 4 rings (SSSR count). The van der Waals surface area contributed by atoms with Crippen LogP contribution in [0.1, 0.15) is 40.7 Å². The number of aryl methyl sites for hydroxylation is 1. The van der Waals surface area contributed by atoms with Crippen LogP contribution in [-0.2, 0) is 17.6 Å². The quantitative estimate of drug-likeness (QED) is 0.154. The lowest BCUT2D eigenvalue weighted by molar-refractivity contribution is -0.139. The molecule has 0 radical (unpaired) electrons. The van der Waals surface area contributed by atoms with E-state index >= 15 is 0 Å². The van der Waals surface area contributed by atoms with E-state index in [0.717, 1.165) is 22.6 Å². The molecule has 0 unspecified atom stereocenters. The molecular weight excluding hydrogens is 511 g/mol. The van der Waals surface area contributed by atoms with E-state index in [1.807, 2.05) is 56.3 Å². The fourth-order valence-electron chi connectivity index (χ4n) is 4.11. The summed E-state index contributed by atoms with van der Waals surface area (Å²) < 4.78 is 24.8. The highest BCUT2D eigenvalue weighted by atomic mass is 19.1. The average molecular weight is 543 g/mol. The van der Waals surface area contributed by atoms with E-state index in [2.05, 4.69) is 10.3 Å². The molecule has 8 heteroatoms. The third kappa shape index (κ3) is 7.66. The number of halogens is 1. The summed E-state index contributed by atoms with van der Waals surface area (Å²) in [5, 5.41) is 12.8. The van der Waals surface area contributed by atoms with Gasteiger partial charge >= 0.3 is 5.97 Å². The molecule has 1 atom stereocenters. The zero-order valence-electron chi connectivity index (χ0n) is 22.4. The van der Waals surface area contributed by atoms with Gasteiger partial charge in [0.05, 0.1) is 12.3 Å². The Labute approximate surface area is 232 Å². The van der Waals surface area contributed by atoms with Gasteiger partial charge in [-0.15, -0.1) is 0 Å². The largest absolute Gasteiger partial charge is 0.493 e. The Balaban J connectivity index is 1.32. The molecule has 0 amide bonds. The maximum absolute atomic E-state index is 13.2. The summed E-state index contributed by atoms with van der Waals surface area (Å²) >= 11 is 0. The van der Waals surface area contributed by atoms with E-state index in [0.29, 0.717) is 42.3 Å². The van der Waals surface area contributed by atoms with Crippen molar-refractivity contribution in [3.05, 3.63) is 119 Å². The number of nitrogens with zero attached hydrogens (tertiary/aromatic N) is 1. The van der Waals surface area contributed by atoms with Crippen LogP contribution in [-0.4, -0.2) is 34.5 Å². The summed E-state index contributed by atoms with van der Waals surface area (Å²) in [5.74, 6) is 0.204. The molecule has 40 heavy (non-hydrogen) atoms. The van der Waals surface area contributed by atoms with Gasteiger partial charge in [0.2, 0.25) is 5.89 Å². The number of ketones is 1. The van der Waals surface area contributed by atoms with Gasteiger partial charge in [0.25, 0.3) is 0 Å². The van der Waals surface area contributed by atoms with Crippen molar-refractivity contribution in [3.63, 3.8) is 0 Å². The number of carboxylic acids is 1. The number of aromatic nitrogens is 1. The molecule has 1 heterocycles. The zero-order valence-corrected chi connectivity index (χ0v) is 22.4. The molecule has 3 aromatic carbocycles. The summed E-state index contributed by atoms with van der Waals surface area (Å²) in [6, 6.07) is 21.2. The number of aliphatic carboxylic acids is 1. The number of hydrogen-bond donors (Lipinski definition) is 2. The third-order valence-electron chi connectivity index (χ3n) is 6.36. The third-order valence-corrected chi connectivity index (χ3v) is 6.36. The minimum absolute atomic E-state index is 0.206. The van der Waals surface area contributed by atoms with Crippen LogP contribution in [0.3, 0.4) is 0 Å². The fourth-order valence-corrected chi connectivity index (χ4v) is 4.11. The number of allylic oxidation sites excluding steroid dienone is 2.